The zero-order valence-electron chi connectivity index (χ0n) is 16.1. The van der Waals surface area contributed by atoms with Gasteiger partial charge in [0.15, 0.2) is 5.76 Å². The van der Waals surface area contributed by atoms with Crippen molar-refractivity contribution in [2.75, 3.05) is 0 Å². The molecule has 3 aromatic rings. The number of benzene rings is 3. The summed E-state index contributed by atoms with van der Waals surface area (Å²) in [5, 5.41) is 13.1. The van der Waals surface area contributed by atoms with Crippen molar-refractivity contribution in [3.8, 4) is 0 Å². The first kappa shape index (κ1) is 19.4. The number of rotatable bonds is 4. The van der Waals surface area contributed by atoms with Crippen LogP contribution in [-0.4, -0.2) is 22.0 Å². The molecule has 1 amide bonds. The maximum Gasteiger partial charge on any atom is 0.343 e. The highest BCUT2D eigenvalue weighted by Gasteiger charge is 2.61. The van der Waals surface area contributed by atoms with Crippen LogP contribution in [0.5, 0.6) is 0 Å². The number of amides is 1. The quantitative estimate of drug-likeness (QED) is 0.628. The predicted molar refractivity (Wildman–Crippen MR) is 112 cm³/mol. The Hall–Kier alpha value is -3.61. The SMILES string of the molecule is O=C(OCc1ccc(Cl)cc1)C1=C(c2ccccc2)ON2C(=O)c3ccccc3C12O. The largest absolute Gasteiger partial charge is 0.457 e. The summed E-state index contributed by atoms with van der Waals surface area (Å²) >= 11 is 5.90. The van der Waals surface area contributed by atoms with Gasteiger partial charge >= 0.3 is 5.97 Å². The molecule has 2 heterocycles. The summed E-state index contributed by atoms with van der Waals surface area (Å²) in [5.74, 6) is -1.25. The highest BCUT2D eigenvalue weighted by molar-refractivity contribution is 6.30. The molecule has 7 heteroatoms. The fourth-order valence-corrected chi connectivity index (χ4v) is 3.93. The fourth-order valence-electron chi connectivity index (χ4n) is 3.80. The Balaban J connectivity index is 1.58. The summed E-state index contributed by atoms with van der Waals surface area (Å²) in [4.78, 5) is 31.9. The zero-order valence-corrected chi connectivity index (χ0v) is 16.9. The summed E-state index contributed by atoms with van der Waals surface area (Å²) in [6, 6.07) is 22.2. The fraction of sp³-hybridized carbons (Fsp3) is 0.0833. The second-order valence-corrected chi connectivity index (χ2v) is 7.62. The van der Waals surface area contributed by atoms with E-state index in [1.807, 2.05) is 6.07 Å². The highest BCUT2D eigenvalue weighted by Crippen LogP contribution is 2.51. The van der Waals surface area contributed by atoms with Gasteiger partial charge < -0.3 is 14.7 Å². The van der Waals surface area contributed by atoms with Crippen LogP contribution >= 0.6 is 11.6 Å². The molecule has 0 bridgehead atoms. The molecular formula is C24H16ClNO5. The Labute approximate surface area is 182 Å². The summed E-state index contributed by atoms with van der Waals surface area (Å²) < 4.78 is 5.51. The average Bonchev–Trinajstić information content (AvgIpc) is 3.22. The number of esters is 1. The molecule has 5 rings (SSSR count). The van der Waals surface area contributed by atoms with Crippen LogP contribution in [-0.2, 0) is 26.7 Å². The molecule has 31 heavy (non-hydrogen) atoms. The van der Waals surface area contributed by atoms with E-state index < -0.39 is 17.6 Å². The van der Waals surface area contributed by atoms with Crippen LogP contribution in [0.15, 0.2) is 84.4 Å². The Morgan fingerprint density at radius 1 is 1.00 bits per heavy atom. The second-order valence-electron chi connectivity index (χ2n) is 7.18. The predicted octanol–water partition coefficient (Wildman–Crippen LogP) is 4.04. The van der Waals surface area contributed by atoms with Gasteiger partial charge in [0.1, 0.15) is 12.2 Å². The first-order chi connectivity index (χ1) is 15.0. The normalized spacial score (nSPS) is 19.2. The number of carbonyl (C=O) groups is 2. The summed E-state index contributed by atoms with van der Waals surface area (Å²) in [5.41, 5.74) is -0.439. The molecular weight excluding hydrogens is 418 g/mol. The molecule has 0 radical (unpaired) electrons. The third-order valence-electron chi connectivity index (χ3n) is 5.29. The van der Waals surface area contributed by atoms with E-state index in [1.165, 1.54) is 0 Å². The monoisotopic (exact) mass is 433 g/mol. The van der Waals surface area contributed by atoms with E-state index in [1.54, 1.807) is 72.8 Å². The number of nitrogens with zero attached hydrogens (tertiary/aromatic N) is 1. The van der Waals surface area contributed by atoms with Crippen LogP contribution in [0.4, 0.5) is 0 Å². The average molecular weight is 434 g/mol. The lowest BCUT2D eigenvalue weighted by Gasteiger charge is -2.25. The second kappa shape index (κ2) is 7.27. The molecule has 0 aliphatic carbocycles. The maximum absolute atomic E-state index is 13.2. The van der Waals surface area contributed by atoms with Crippen molar-refractivity contribution in [2.24, 2.45) is 0 Å². The van der Waals surface area contributed by atoms with Crippen LogP contribution in [0, 0.1) is 0 Å². The number of carbonyl (C=O) groups excluding carboxylic acids is 2. The van der Waals surface area contributed by atoms with Crippen molar-refractivity contribution >= 4 is 29.2 Å². The minimum absolute atomic E-state index is 0.0345. The van der Waals surface area contributed by atoms with Gasteiger partial charge in [-0.15, -0.1) is 5.06 Å². The molecule has 6 nitrogen and oxygen atoms in total. The van der Waals surface area contributed by atoms with Crippen molar-refractivity contribution < 1.29 is 24.3 Å². The Morgan fingerprint density at radius 3 is 2.42 bits per heavy atom. The molecule has 3 aromatic carbocycles. The van der Waals surface area contributed by atoms with Crippen molar-refractivity contribution in [1.82, 2.24) is 5.06 Å². The Morgan fingerprint density at radius 2 is 1.68 bits per heavy atom. The van der Waals surface area contributed by atoms with Crippen molar-refractivity contribution in [3.05, 3.63) is 112 Å². The van der Waals surface area contributed by atoms with Crippen LogP contribution in [0.1, 0.15) is 27.0 Å². The smallest absolute Gasteiger partial charge is 0.343 e. The minimum Gasteiger partial charge on any atom is -0.457 e. The third kappa shape index (κ3) is 3.00. The number of hydrogen-bond donors (Lipinski definition) is 1. The molecule has 154 valence electrons. The van der Waals surface area contributed by atoms with Crippen LogP contribution in [0.3, 0.4) is 0 Å². The number of aliphatic hydroxyl groups is 1. The lowest BCUT2D eigenvalue weighted by Crippen LogP contribution is -2.42. The van der Waals surface area contributed by atoms with Gasteiger partial charge in [0, 0.05) is 16.1 Å². The number of hydroxylamine groups is 2. The molecule has 0 saturated heterocycles. The van der Waals surface area contributed by atoms with E-state index in [2.05, 4.69) is 0 Å². The molecule has 1 atom stereocenters. The molecule has 0 saturated carbocycles. The van der Waals surface area contributed by atoms with E-state index in [4.69, 9.17) is 21.2 Å². The molecule has 0 fully saturated rings. The molecule has 0 aromatic heterocycles. The lowest BCUT2D eigenvalue weighted by atomic mass is 9.92. The van der Waals surface area contributed by atoms with E-state index >= 15 is 0 Å². The minimum atomic E-state index is -2.09. The lowest BCUT2D eigenvalue weighted by molar-refractivity contribution is -0.183. The molecule has 1 unspecified atom stereocenters. The van der Waals surface area contributed by atoms with Gasteiger partial charge in [0.05, 0.1) is 5.56 Å². The van der Waals surface area contributed by atoms with Crippen LogP contribution in [0.2, 0.25) is 5.02 Å². The third-order valence-corrected chi connectivity index (χ3v) is 5.54. The van der Waals surface area contributed by atoms with Crippen molar-refractivity contribution in [2.45, 2.75) is 12.3 Å². The molecule has 1 N–H and O–H groups in total. The summed E-state index contributed by atoms with van der Waals surface area (Å²) in [6.45, 7) is -0.0345. The van der Waals surface area contributed by atoms with Gasteiger partial charge in [-0.25, -0.2) is 4.79 Å². The van der Waals surface area contributed by atoms with E-state index in [0.29, 0.717) is 10.6 Å². The van der Waals surface area contributed by atoms with Gasteiger partial charge in [0.25, 0.3) is 5.91 Å². The topological polar surface area (TPSA) is 76.1 Å². The van der Waals surface area contributed by atoms with Crippen molar-refractivity contribution in [1.29, 1.82) is 0 Å². The number of fused-ring (bicyclic) bond motifs is 3. The zero-order chi connectivity index (χ0) is 21.6. The molecule has 2 aliphatic rings. The van der Waals surface area contributed by atoms with E-state index in [0.717, 1.165) is 10.6 Å². The standard InChI is InChI=1S/C24H16ClNO5/c25-17-12-10-15(11-13-17)14-30-23(28)20-21(16-6-2-1-3-7-16)31-26-22(27)18-8-4-5-9-19(18)24(20,26)29/h1-13,29H,14H2. The van der Waals surface area contributed by atoms with E-state index in [-0.39, 0.29) is 29.1 Å². The Kier molecular flexibility index (Phi) is 4.54. The van der Waals surface area contributed by atoms with E-state index in [9.17, 15) is 14.7 Å². The van der Waals surface area contributed by atoms with Crippen LogP contribution in [0.25, 0.3) is 5.76 Å². The van der Waals surface area contributed by atoms with Gasteiger partial charge in [-0.2, -0.15) is 0 Å². The van der Waals surface area contributed by atoms with Gasteiger partial charge in [-0.05, 0) is 23.8 Å². The summed E-state index contributed by atoms with van der Waals surface area (Å²) in [7, 11) is 0. The van der Waals surface area contributed by atoms with Gasteiger partial charge in [-0.1, -0.05) is 72.3 Å². The first-order valence-corrected chi connectivity index (χ1v) is 9.94. The molecule has 2 aliphatic heterocycles. The number of hydrogen-bond acceptors (Lipinski definition) is 5. The molecule has 0 spiro atoms. The number of halogens is 1. The van der Waals surface area contributed by atoms with Crippen molar-refractivity contribution in [3.63, 3.8) is 0 Å². The Bertz CT molecular complexity index is 1220. The van der Waals surface area contributed by atoms with Gasteiger partial charge in [0.2, 0.25) is 5.72 Å². The summed E-state index contributed by atoms with van der Waals surface area (Å²) in [6.07, 6.45) is 0. The highest BCUT2D eigenvalue weighted by atomic mass is 35.5. The van der Waals surface area contributed by atoms with Crippen LogP contribution < -0.4 is 0 Å². The number of ether oxygens (including phenoxy) is 1. The maximum atomic E-state index is 13.2. The first-order valence-electron chi connectivity index (χ1n) is 9.56. The van der Waals surface area contributed by atoms with Gasteiger partial charge in [-0.3, -0.25) is 4.79 Å².